The topological polar surface area (TPSA) is 75.6 Å². The van der Waals surface area contributed by atoms with E-state index in [-0.39, 0.29) is 5.56 Å². The zero-order chi connectivity index (χ0) is 17.2. The van der Waals surface area contributed by atoms with Crippen LogP contribution in [0.25, 0.3) is 22.3 Å². The van der Waals surface area contributed by atoms with Crippen molar-refractivity contribution in [3.05, 3.63) is 76.8 Å². The number of hydrogen-bond donors (Lipinski definition) is 2. The Balaban J connectivity index is 1.63. The van der Waals surface area contributed by atoms with Gasteiger partial charge in [0.15, 0.2) is 0 Å². The molecule has 6 nitrogen and oxygen atoms in total. The van der Waals surface area contributed by atoms with E-state index in [1.807, 2.05) is 66.5 Å². The molecule has 2 N–H and O–H groups in total. The maximum Gasteiger partial charge on any atom is 0.251 e. The lowest BCUT2D eigenvalue weighted by Crippen LogP contribution is -2.12. The molecule has 0 fully saturated rings. The van der Waals surface area contributed by atoms with Crippen LogP contribution in [-0.4, -0.2) is 19.7 Å². The van der Waals surface area contributed by atoms with Gasteiger partial charge in [0.25, 0.3) is 5.56 Å². The van der Waals surface area contributed by atoms with Crippen LogP contribution < -0.4 is 10.9 Å². The average molecular weight is 331 g/mol. The molecule has 0 saturated heterocycles. The smallest absolute Gasteiger partial charge is 0.251 e. The second-order valence-electron chi connectivity index (χ2n) is 5.81. The zero-order valence-corrected chi connectivity index (χ0v) is 13.7. The number of aromatic nitrogens is 4. The molecule has 0 spiro atoms. The highest BCUT2D eigenvalue weighted by Crippen LogP contribution is 2.23. The Morgan fingerprint density at radius 3 is 2.80 bits per heavy atom. The molecular formula is C19H17N5O. The largest absolute Gasteiger partial charge is 0.379 e. The Morgan fingerprint density at radius 1 is 1.12 bits per heavy atom. The Bertz CT molecular complexity index is 1080. The van der Waals surface area contributed by atoms with Crippen molar-refractivity contribution in [2.45, 2.75) is 6.54 Å². The SMILES string of the molecule is Cn1ncc2c(NCc3cc(=O)[nH]c(-c4ccccc4)n3)cccc21. The van der Waals surface area contributed by atoms with Crippen LogP contribution in [0, 0.1) is 0 Å². The zero-order valence-electron chi connectivity index (χ0n) is 13.7. The standard InChI is InChI=1S/C19H17N5O/c1-24-17-9-5-8-16(15(17)12-21-24)20-11-14-10-18(25)23-19(22-14)13-6-3-2-4-7-13/h2-10,12,20H,11H2,1H3,(H,22,23,25). The first-order chi connectivity index (χ1) is 12.2. The third-order valence-electron chi connectivity index (χ3n) is 4.09. The summed E-state index contributed by atoms with van der Waals surface area (Å²) < 4.78 is 1.83. The molecule has 0 aliphatic carbocycles. The first kappa shape index (κ1) is 15.1. The Morgan fingerprint density at radius 2 is 1.96 bits per heavy atom. The summed E-state index contributed by atoms with van der Waals surface area (Å²) >= 11 is 0. The van der Waals surface area contributed by atoms with Crippen molar-refractivity contribution in [2.24, 2.45) is 7.05 Å². The lowest BCUT2D eigenvalue weighted by molar-refractivity contribution is 0.797. The molecule has 2 heterocycles. The number of aromatic amines is 1. The van der Waals surface area contributed by atoms with Crippen molar-refractivity contribution in [1.29, 1.82) is 0 Å². The van der Waals surface area contributed by atoms with E-state index in [4.69, 9.17) is 0 Å². The molecule has 0 aliphatic heterocycles. The molecule has 124 valence electrons. The van der Waals surface area contributed by atoms with Gasteiger partial charge in [0.05, 0.1) is 24.0 Å². The quantitative estimate of drug-likeness (QED) is 0.603. The number of fused-ring (bicyclic) bond motifs is 1. The normalized spacial score (nSPS) is 10.9. The number of benzene rings is 2. The molecular weight excluding hydrogens is 314 g/mol. The fourth-order valence-corrected chi connectivity index (χ4v) is 2.85. The lowest BCUT2D eigenvalue weighted by atomic mass is 10.2. The maximum atomic E-state index is 12.0. The number of nitrogens with zero attached hydrogens (tertiary/aromatic N) is 3. The lowest BCUT2D eigenvalue weighted by Gasteiger charge is -2.08. The van der Waals surface area contributed by atoms with Crippen molar-refractivity contribution in [2.75, 3.05) is 5.32 Å². The molecule has 0 aliphatic rings. The molecule has 0 amide bonds. The third-order valence-corrected chi connectivity index (χ3v) is 4.09. The van der Waals surface area contributed by atoms with Crippen LogP contribution in [0.3, 0.4) is 0 Å². The second kappa shape index (κ2) is 6.24. The minimum atomic E-state index is -0.162. The summed E-state index contributed by atoms with van der Waals surface area (Å²) in [4.78, 5) is 19.3. The van der Waals surface area contributed by atoms with Gasteiger partial charge in [0.1, 0.15) is 5.82 Å². The van der Waals surface area contributed by atoms with E-state index in [9.17, 15) is 4.79 Å². The Hall–Kier alpha value is -3.41. The highest BCUT2D eigenvalue weighted by molar-refractivity contribution is 5.91. The number of rotatable bonds is 4. The number of anilines is 1. The molecule has 2 aromatic heterocycles. The molecule has 4 aromatic rings. The summed E-state index contributed by atoms with van der Waals surface area (Å²) in [6.45, 7) is 0.456. The summed E-state index contributed by atoms with van der Waals surface area (Å²) in [7, 11) is 1.91. The molecule has 0 bridgehead atoms. The Labute approximate surface area is 144 Å². The number of hydrogen-bond acceptors (Lipinski definition) is 4. The summed E-state index contributed by atoms with van der Waals surface area (Å²) in [6, 6.07) is 17.1. The van der Waals surface area contributed by atoms with Crippen LogP contribution in [0.2, 0.25) is 0 Å². The predicted molar refractivity (Wildman–Crippen MR) is 98.3 cm³/mol. The predicted octanol–water partition coefficient (Wildman–Crippen LogP) is 2.94. The van der Waals surface area contributed by atoms with E-state index in [0.717, 1.165) is 22.2 Å². The van der Waals surface area contributed by atoms with Gasteiger partial charge in [0.2, 0.25) is 0 Å². The van der Waals surface area contributed by atoms with E-state index < -0.39 is 0 Å². The van der Waals surface area contributed by atoms with E-state index in [0.29, 0.717) is 18.1 Å². The van der Waals surface area contributed by atoms with Crippen molar-refractivity contribution in [1.82, 2.24) is 19.7 Å². The molecule has 2 aromatic carbocycles. The minimum Gasteiger partial charge on any atom is -0.379 e. The third kappa shape index (κ3) is 3.01. The summed E-state index contributed by atoms with van der Waals surface area (Å²) in [5, 5.41) is 8.68. The van der Waals surface area contributed by atoms with E-state index >= 15 is 0 Å². The molecule has 0 radical (unpaired) electrons. The number of H-pyrrole nitrogens is 1. The van der Waals surface area contributed by atoms with Crippen LogP contribution in [0.15, 0.2) is 65.6 Å². The van der Waals surface area contributed by atoms with Gasteiger partial charge in [-0.25, -0.2) is 4.98 Å². The number of nitrogens with one attached hydrogen (secondary N) is 2. The van der Waals surface area contributed by atoms with Crippen LogP contribution in [0.4, 0.5) is 5.69 Å². The molecule has 0 saturated carbocycles. The van der Waals surface area contributed by atoms with Gasteiger partial charge in [-0.05, 0) is 12.1 Å². The first-order valence-electron chi connectivity index (χ1n) is 8.01. The highest BCUT2D eigenvalue weighted by Gasteiger charge is 2.07. The van der Waals surface area contributed by atoms with Gasteiger partial charge < -0.3 is 10.3 Å². The summed E-state index contributed by atoms with van der Waals surface area (Å²) in [5.74, 6) is 0.574. The fourth-order valence-electron chi connectivity index (χ4n) is 2.85. The van der Waals surface area contributed by atoms with E-state index in [1.54, 1.807) is 0 Å². The maximum absolute atomic E-state index is 12.0. The van der Waals surface area contributed by atoms with Gasteiger partial charge in [-0.2, -0.15) is 5.10 Å². The minimum absolute atomic E-state index is 0.162. The monoisotopic (exact) mass is 331 g/mol. The molecule has 6 heteroatoms. The molecule has 0 unspecified atom stereocenters. The van der Waals surface area contributed by atoms with Crippen LogP contribution in [-0.2, 0) is 13.6 Å². The molecule has 25 heavy (non-hydrogen) atoms. The van der Waals surface area contributed by atoms with Gasteiger partial charge >= 0.3 is 0 Å². The van der Waals surface area contributed by atoms with Crippen molar-refractivity contribution in [3.8, 4) is 11.4 Å². The molecule has 4 rings (SSSR count). The fraction of sp³-hybridized carbons (Fsp3) is 0.105. The number of aryl methyl sites for hydroxylation is 1. The van der Waals surface area contributed by atoms with Crippen molar-refractivity contribution >= 4 is 16.6 Å². The summed E-state index contributed by atoms with van der Waals surface area (Å²) in [5.41, 5.74) is 3.42. The van der Waals surface area contributed by atoms with Gasteiger partial charge in [-0.1, -0.05) is 36.4 Å². The van der Waals surface area contributed by atoms with Gasteiger partial charge in [-0.15, -0.1) is 0 Å². The Kier molecular flexibility index (Phi) is 3.78. The van der Waals surface area contributed by atoms with E-state index in [2.05, 4.69) is 20.4 Å². The first-order valence-corrected chi connectivity index (χ1v) is 8.01. The highest BCUT2D eigenvalue weighted by atomic mass is 16.1. The van der Waals surface area contributed by atoms with Crippen LogP contribution in [0.5, 0.6) is 0 Å². The van der Waals surface area contributed by atoms with Crippen molar-refractivity contribution in [3.63, 3.8) is 0 Å². The second-order valence-corrected chi connectivity index (χ2v) is 5.81. The molecule has 0 atom stereocenters. The van der Waals surface area contributed by atoms with Crippen molar-refractivity contribution < 1.29 is 0 Å². The van der Waals surface area contributed by atoms with E-state index in [1.165, 1.54) is 6.07 Å². The van der Waals surface area contributed by atoms with Gasteiger partial charge in [0, 0.05) is 29.8 Å². The van der Waals surface area contributed by atoms with Crippen LogP contribution >= 0.6 is 0 Å². The van der Waals surface area contributed by atoms with Crippen LogP contribution in [0.1, 0.15) is 5.69 Å². The average Bonchev–Trinajstić information content (AvgIpc) is 3.02. The van der Waals surface area contributed by atoms with Gasteiger partial charge in [-0.3, -0.25) is 9.48 Å². The summed E-state index contributed by atoms with van der Waals surface area (Å²) in [6.07, 6.45) is 1.83.